The monoisotopic (exact) mass is 314 g/mol. The quantitative estimate of drug-likeness (QED) is 0.850. The molecule has 0 bridgehead atoms. The average molecular weight is 315 g/mol. The highest BCUT2D eigenvalue weighted by atomic mass is 79.9. The second kappa shape index (κ2) is 5.33. The Bertz CT molecular complexity index is 439. The van der Waals surface area contributed by atoms with Gasteiger partial charge in [-0.15, -0.1) is 0 Å². The highest BCUT2D eigenvalue weighted by molar-refractivity contribution is 9.10. The van der Waals surface area contributed by atoms with Gasteiger partial charge in [0.05, 0.1) is 13.2 Å². The van der Waals surface area contributed by atoms with Crippen molar-refractivity contribution >= 4 is 38.8 Å². The minimum atomic E-state index is 0.345. The molecule has 0 radical (unpaired) electrons. The van der Waals surface area contributed by atoms with Crippen molar-refractivity contribution in [3.05, 3.63) is 28.2 Å². The molecule has 3 nitrogen and oxygen atoms in total. The minimum Gasteiger partial charge on any atom is -0.389 e. The fourth-order valence-electron chi connectivity index (χ4n) is 2.04. The number of morpholine rings is 1. The van der Waals surface area contributed by atoms with Gasteiger partial charge in [0, 0.05) is 28.3 Å². The summed E-state index contributed by atoms with van der Waals surface area (Å²) in [6, 6.07) is 6.39. The molecule has 1 fully saturated rings. The van der Waals surface area contributed by atoms with Crippen molar-refractivity contribution in [3.63, 3.8) is 0 Å². The maximum atomic E-state index is 5.79. The number of hydrogen-bond acceptors (Lipinski definition) is 3. The standard InChI is InChI=1S/C12H15BrN2OS/c1-8-7-16-5-4-15(8)11-3-2-9(13)6-10(11)12(14)17/h2-3,6,8H,4-5,7H2,1H3,(H2,14,17). The zero-order valence-corrected chi connectivity index (χ0v) is 12.1. The van der Waals surface area contributed by atoms with E-state index in [1.54, 1.807) is 0 Å². The van der Waals surface area contributed by atoms with Crippen LogP contribution in [0.1, 0.15) is 12.5 Å². The summed E-state index contributed by atoms with van der Waals surface area (Å²) < 4.78 is 6.43. The molecule has 1 aromatic carbocycles. The number of nitrogens with two attached hydrogens (primary N) is 1. The van der Waals surface area contributed by atoms with E-state index in [9.17, 15) is 0 Å². The highest BCUT2D eigenvalue weighted by Gasteiger charge is 2.22. The Morgan fingerprint density at radius 3 is 3.00 bits per heavy atom. The summed E-state index contributed by atoms with van der Waals surface area (Å²) in [5.41, 5.74) is 7.80. The van der Waals surface area contributed by atoms with Crippen LogP contribution in [0.5, 0.6) is 0 Å². The second-order valence-electron chi connectivity index (χ2n) is 4.14. The molecule has 1 aliphatic rings. The number of benzene rings is 1. The largest absolute Gasteiger partial charge is 0.389 e. The van der Waals surface area contributed by atoms with Crippen LogP contribution >= 0.6 is 28.1 Å². The lowest BCUT2D eigenvalue weighted by atomic mass is 10.1. The molecule has 1 aliphatic heterocycles. The molecular formula is C12H15BrN2OS. The number of nitrogens with zero attached hydrogens (tertiary/aromatic N) is 1. The first-order chi connectivity index (χ1) is 8.09. The molecule has 0 aliphatic carbocycles. The summed E-state index contributed by atoms with van der Waals surface area (Å²) in [6.07, 6.45) is 0. The van der Waals surface area contributed by atoms with Crippen LogP contribution in [0.3, 0.4) is 0 Å². The Morgan fingerprint density at radius 2 is 2.35 bits per heavy atom. The van der Waals surface area contributed by atoms with E-state index in [2.05, 4.69) is 33.8 Å². The maximum Gasteiger partial charge on any atom is 0.106 e. The van der Waals surface area contributed by atoms with E-state index < -0.39 is 0 Å². The van der Waals surface area contributed by atoms with Gasteiger partial charge >= 0.3 is 0 Å². The van der Waals surface area contributed by atoms with Crippen LogP contribution in [0.25, 0.3) is 0 Å². The zero-order chi connectivity index (χ0) is 12.4. The van der Waals surface area contributed by atoms with Gasteiger partial charge in [0.1, 0.15) is 4.99 Å². The van der Waals surface area contributed by atoms with E-state index in [4.69, 9.17) is 22.7 Å². The van der Waals surface area contributed by atoms with Gasteiger partial charge < -0.3 is 15.4 Å². The number of hydrogen-bond donors (Lipinski definition) is 1. The van der Waals surface area contributed by atoms with Crippen molar-refractivity contribution in [2.24, 2.45) is 5.73 Å². The molecule has 1 aromatic rings. The van der Waals surface area contributed by atoms with E-state index in [1.165, 1.54) is 0 Å². The number of halogens is 1. The predicted molar refractivity (Wildman–Crippen MR) is 77.7 cm³/mol. The zero-order valence-electron chi connectivity index (χ0n) is 9.65. The number of rotatable bonds is 2. The van der Waals surface area contributed by atoms with Crippen LogP contribution in [-0.2, 0) is 4.74 Å². The van der Waals surface area contributed by atoms with E-state index in [0.717, 1.165) is 35.5 Å². The van der Waals surface area contributed by atoms with Crippen LogP contribution in [0.2, 0.25) is 0 Å². The lowest BCUT2D eigenvalue weighted by molar-refractivity contribution is 0.0989. The van der Waals surface area contributed by atoms with Crippen molar-refractivity contribution in [2.45, 2.75) is 13.0 Å². The van der Waals surface area contributed by atoms with Crippen LogP contribution in [0.4, 0.5) is 5.69 Å². The smallest absolute Gasteiger partial charge is 0.106 e. The molecule has 0 saturated carbocycles. The lowest BCUT2D eigenvalue weighted by Crippen LogP contribution is -2.44. The van der Waals surface area contributed by atoms with Gasteiger partial charge in [-0.1, -0.05) is 28.1 Å². The van der Waals surface area contributed by atoms with Gasteiger partial charge in [-0.2, -0.15) is 0 Å². The van der Waals surface area contributed by atoms with Crippen LogP contribution in [0, 0.1) is 0 Å². The maximum absolute atomic E-state index is 5.79. The fourth-order valence-corrected chi connectivity index (χ4v) is 2.57. The Balaban J connectivity index is 2.39. The summed E-state index contributed by atoms with van der Waals surface area (Å²) in [6.45, 7) is 4.51. The van der Waals surface area contributed by atoms with Gasteiger partial charge in [0.2, 0.25) is 0 Å². The van der Waals surface area contributed by atoms with Crippen molar-refractivity contribution in [1.29, 1.82) is 0 Å². The molecule has 1 saturated heterocycles. The van der Waals surface area contributed by atoms with Gasteiger partial charge in [-0.25, -0.2) is 0 Å². The SMILES string of the molecule is CC1COCCN1c1ccc(Br)cc1C(N)=S. The second-order valence-corrected chi connectivity index (χ2v) is 5.50. The van der Waals surface area contributed by atoms with Gasteiger partial charge in [-0.05, 0) is 25.1 Å². The summed E-state index contributed by atoms with van der Waals surface area (Å²) in [4.78, 5) is 2.73. The molecule has 17 heavy (non-hydrogen) atoms. The topological polar surface area (TPSA) is 38.5 Å². The third-order valence-corrected chi connectivity index (χ3v) is 3.61. The molecule has 1 atom stereocenters. The number of thiocarbonyl (C=S) groups is 1. The van der Waals surface area contributed by atoms with Crippen LogP contribution < -0.4 is 10.6 Å². The normalized spacial score (nSPS) is 20.4. The van der Waals surface area contributed by atoms with Crippen molar-refractivity contribution in [2.75, 3.05) is 24.7 Å². The third kappa shape index (κ3) is 2.78. The van der Waals surface area contributed by atoms with Crippen molar-refractivity contribution in [1.82, 2.24) is 0 Å². The van der Waals surface area contributed by atoms with Crippen molar-refractivity contribution < 1.29 is 4.74 Å². The summed E-state index contributed by atoms with van der Waals surface area (Å²) in [7, 11) is 0. The molecule has 0 amide bonds. The predicted octanol–water partition coefficient (Wildman–Crippen LogP) is 2.31. The van der Waals surface area contributed by atoms with E-state index in [0.29, 0.717) is 11.0 Å². The molecule has 0 aromatic heterocycles. The molecule has 0 spiro atoms. The first-order valence-corrected chi connectivity index (χ1v) is 6.73. The molecule has 1 heterocycles. The summed E-state index contributed by atoms with van der Waals surface area (Å²) in [5.74, 6) is 0. The highest BCUT2D eigenvalue weighted by Crippen LogP contribution is 2.27. The summed E-state index contributed by atoms with van der Waals surface area (Å²) >= 11 is 8.56. The number of ether oxygens (including phenoxy) is 1. The van der Waals surface area contributed by atoms with E-state index >= 15 is 0 Å². The fraction of sp³-hybridized carbons (Fsp3) is 0.417. The van der Waals surface area contributed by atoms with Crippen LogP contribution in [-0.4, -0.2) is 30.8 Å². The Morgan fingerprint density at radius 1 is 1.59 bits per heavy atom. The third-order valence-electron chi connectivity index (χ3n) is 2.90. The average Bonchev–Trinajstić information content (AvgIpc) is 2.30. The Labute approximate surface area is 115 Å². The van der Waals surface area contributed by atoms with Crippen LogP contribution in [0.15, 0.2) is 22.7 Å². The Hall–Kier alpha value is -0.650. The van der Waals surface area contributed by atoms with E-state index in [-0.39, 0.29) is 0 Å². The molecule has 92 valence electrons. The molecule has 5 heteroatoms. The Kier molecular flexibility index (Phi) is 4.01. The lowest BCUT2D eigenvalue weighted by Gasteiger charge is -2.36. The minimum absolute atomic E-state index is 0.345. The molecular weight excluding hydrogens is 300 g/mol. The van der Waals surface area contributed by atoms with Gasteiger partial charge in [0.15, 0.2) is 0 Å². The molecule has 1 unspecified atom stereocenters. The molecule has 2 rings (SSSR count). The van der Waals surface area contributed by atoms with Crippen molar-refractivity contribution in [3.8, 4) is 0 Å². The van der Waals surface area contributed by atoms with E-state index in [1.807, 2.05) is 12.1 Å². The van der Waals surface area contributed by atoms with Gasteiger partial charge in [-0.3, -0.25) is 0 Å². The number of anilines is 1. The van der Waals surface area contributed by atoms with Gasteiger partial charge in [0.25, 0.3) is 0 Å². The summed E-state index contributed by atoms with van der Waals surface area (Å²) in [5, 5.41) is 0. The molecule has 2 N–H and O–H groups in total. The first kappa shape index (κ1) is 12.8. The first-order valence-electron chi connectivity index (χ1n) is 5.53.